The number of benzene rings is 4. The monoisotopic (exact) mass is 850 g/mol. The Morgan fingerprint density at radius 3 is 1.83 bits per heavy atom. The smallest absolute Gasteiger partial charge is 0.465 e. The van der Waals surface area contributed by atoms with Crippen LogP contribution in [0.5, 0.6) is 0 Å². The first-order valence-electron chi connectivity index (χ1n) is 16.8. The second kappa shape index (κ2) is 15.7. The Bertz CT molecular complexity index is 2560. The molecule has 5 heterocycles. The predicted molar refractivity (Wildman–Crippen MR) is 213 cm³/mol. The molecule has 4 N–H and O–H groups in total. The predicted octanol–water partition coefficient (Wildman–Crippen LogP) is 9.92. The molecule has 4 aromatic heterocycles. The average Bonchev–Trinajstić information content (AvgIpc) is 3.98. The van der Waals surface area contributed by atoms with Crippen LogP contribution in [0.2, 0.25) is 0 Å². The fourth-order valence-electron chi connectivity index (χ4n) is 5.80. The van der Waals surface area contributed by atoms with Crippen LogP contribution in [0.3, 0.4) is 0 Å². The summed E-state index contributed by atoms with van der Waals surface area (Å²) in [6.07, 6.45) is 6.91. The van der Waals surface area contributed by atoms with Crippen molar-refractivity contribution in [1.82, 2.24) is 19.9 Å². The minimum absolute atomic E-state index is 0.155. The van der Waals surface area contributed by atoms with E-state index < -0.39 is 24.3 Å². The lowest BCUT2D eigenvalue weighted by molar-refractivity contribution is 0.00578. The fraction of sp³-hybridized carbons (Fsp3) is 0.175. The Balaban J connectivity index is 0.000000127. The number of H-pyrrole nitrogens is 4. The number of carbonyl (C=O) groups excluding carboxylic acids is 1. The molecule has 0 unspecified atom stereocenters. The number of nitrogens with one attached hydrogen (secondary N) is 4. The maximum absolute atomic E-state index is 14.2. The van der Waals surface area contributed by atoms with Gasteiger partial charge >= 0.3 is 13.1 Å². The standard InChI is InChI=1S/C14H17BFNO2.C10H8FNO2.C8H5FIN.C8H6FN/c1-13(2)14(3,4)19-15(18-13)12-9-7-8-17-11(9)6-5-10(12)16;1-14-10(13)8-5-12-9-3-2-6(11)4-7(8)9;9-6-1-2-7-5(8(6)10)3-4-11-7;9-7-1-2-8-6(5-7)3-4-10-8/h5-8,17H,1-4H3;2-5,12H,1H3;1-4,11H;1-5,10H. The van der Waals surface area contributed by atoms with Crippen LogP contribution in [-0.2, 0) is 14.0 Å². The van der Waals surface area contributed by atoms with E-state index in [4.69, 9.17) is 9.31 Å². The van der Waals surface area contributed by atoms with E-state index in [1.807, 2.05) is 74.7 Å². The highest BCUT2D eigenvalue weighted by Crippen LogP contribution is 2.37. The van der Waals surface area contributed by atoms with Gasteiger partial charge in [0.25, 0.3) is 0 Å². The Morgan fingerprint density at radius 2 is 1.17 bits per heavy atom. The van der Waals surface area contributed by atoms with Gasteiger partial charge in [0.15, 0.2) is 0 Å². The van der Waals surface area contributed by atoms with E-state index in [0.29, 0.717) is 25.5 Å². The molecule has 0 bridgehead atoms. The lowest BCUT2D eigenvalue weighted by atomic mass is 9.76. The zero-order valence-electron chi connectivity index (χ0n) is 29.9. The van der Waals surface area contributed by atoms with E-state index >= 15 is 0 Å². The molecular weight excluding hydrogens is 814 g/mol. The number of rotatable bonds is 2. The summed E-state index contributed by atoms with van der Waals surface area (Å²) in [6, 6.07) is 20.8. The SMILES string of the molecule is CC1(C)OB(c2c(F)ccc3[nH]ccc23)OC1(C)C.COC(=O)c1c[nH]c2ccc(F)cc12.Fc1ccc2[nH]ccc2c1.Fc1ccc2[nH]ccc2c1I. The van der Waals surface area contributed by atoms with Crippen LogP contribution in [0.15, 0.2) is 104 Å². The number of hydrogen-bond acceptors (Lipinski definition) is 4. The van der Waals surface area contributed by atoms with E-state index in [2.05, 4.69) is 24.7 Å². The zero-order chi connectivity index (χ0) is 38.8. The van der Waals surface area contributed by atoms with E-state index in [1.54, 1.807) is 36.7 Å². The molecule has 9 rings (SSSR count). The topological polar surface area (TPSA) is 108 Å². The molecular formula is C40H36BF4IN4O4. The summed E-state index contributed by atoms with van der Waals surface area (Å²) >= 11 is 2.00. The molecule has 14 heteroatoms. The fourth-order valence-corrected chi connectivity index (χ4v) is 6.45. The quantitative estimate of drug-likeness (QED) is 0.0602. The number of fused-ring (bicyclic) bond motifs is 4. The lowest BCUT2D eigenvalue weighted by Crippen LogP contribution is -2.41. The van der Waals surface area contributed by atoms with Gasteiger partial charge in [0.05, 0.1) is 27.4 Å². The van der Waals surface area contributed by atoms with Gasteiger partial charge in [-0.3, -0.25) is 0 Å². The molecule has 8 aromatic rings. The molecule has 54 heavy (non-hydrogen) atoms. The van der Waals surface area contributed by atoms with Crippen LogP contribution >= 0.6 is 22.6 Å². The van der Waals surface area contributed by atoms with Gasteiger partial charge in [0.2, 0.25) is 0 Å². The van der Waals surface area contributed by atoms with Crippen molar-refractivity contribution in [2.75, 3.05) is 7.11 Å². The molecule has 0 aliphatic carbocycles. The molecule has 4 aromatic carbocycles. The third-order valence-electron chi connectivity index (χ3n) is 9.40. The average molecular weight is 850 g/mol. The largest absolute Gasteiger partial charge is 0.498 e. The Morgan fingerprint density at radius 1 is 0.648 bits per heavy atom. The maximum atomic E-state index is 14.2. The normalized spacial score (nSPS) is 14.3. The molecule has 0 atom stereocenters. The first-order chi connectivity index (χ1) is 25.7. The molecule has 278 valence electrons. The summed E-state index contributed by atoms with van der Waals surface area (Å²) in [6.45, 7) is 7.84. The van der Waals surface area contributed by atoms with Crippen LogP contribution in [0, 0.1) is 26.8 Å². The summed E-state index contributed by atoms with van der Waals surface area (Å²) in [7, 11) is 0.616. The molecule has 1 fully saturated rings. The first-order valence-corrected chi connectivity index (χ1v) is 17.9. The number of halogens is 5. The van der Waals surface area contributed by atoms with E-state index in [9.17, 15) is 22.4 Å². The summed E-state index contributed by atoms with van der Waals surface area (Å²) < 4.78 is 69.6. The van der Waals surface area contributed by atoms with Crippen molar-refractivity contribution >= 4 is 84.8 Å². The van der Waals surface area contributed by atoms with Crippen molar-refractivity contribution in [2.45, 2.75) is 38.9 Å². The van der Waals surface area contributed by atoms with Gasteiger partial charge in [-0.25, -0.2) is 22.4 Å². The van der Waals surface area contributed by atoms with Crippen molar-refractivity contribution in [2.24, 2.45) is 0 Å². The number of ether oxygens (including phenoxy) is 1. The third kappa shape index (κ3) is 8.05. The summed E-state index contributed by atoms with van der Waals surface area (Å²) in [4.78, 5) is 23.2. The second-order valence-electron chi connectivity index (χ2n) is 13.4. The van der Waals surface area contributed by atoms with Gasteiger partial charge in [-0.2, -0.15) is 0 Å². The van der Waals surface area contributed by atoms with Crippen molar-refractivity contribution in [3.63, 3.8) is 0 Å². The van der Waals surface area contributed by atoms with Gasteiger partial charge < -0.3 is 34.0 Å². The highest BCUT2D eigenvalue weighted by molar-refractivity contribution is 14.1. The second-order valence-corrected chi connectivity index (χ2v) is 14.5. The Labute approximate surface area is 321 Å². The molecule has 0 radical (unpaired) electrons. The van der Waals surface area contributed by atoms with Crippen LogP contribution < -0.4 is 5.46 Å². The number of esters is 1. The van der Waals surface area contributed by atoms with E-state index in [-0.39, 0.29) is 23.3 Å². The molecule has 0 spiro atoms. The van der Waals surface area contributed by atoms with Gasteiger partial charge in [-0.1, -0.05) is 0 Å². The van der Waals surface area contributed by atoms with Crippen LogP contribution in [0.1, 0.15) is 38.1 Å². The van der Waals surface area contributed by atoms with E-state index in [1.165, 1.54) is 49.7 Å². The molecule has 1 aliphatic rings. The minimum atomic E-state index is -0.676. The molecule has 1 aliphatic heterocycles. The van der Waals surface area contributed by atoms with Gasteiger partial charge in [0.1, 0.15) is 23.3 Å². The Hall–Kier alpha value is -5.06. The first kappa shape index (κ1) is 38.7. The van der Waals surface area contributed by atoms with Crippen molar-refractivity contribution in [3.05, 3.63) is 136 Å². The lowest BCUT2D eigenvalue weighted by Gasteiger charge is -2.32. The number of hydrogen-bond donors (Lipinski definition) is 4. The number of carbonyl (C=O) groups is 1. The van der Waals surface area contributed by atoms with Crippen LogP contribution in [-0.4, -0.2) is 51.3 Å². The number of methoxy groups -OCH3 is 1. The van der Waals surface area contributed by atoms with Crippen molar-refractivity contribution in [1.29, 1.82) is 0 Å². The van der Waals surface area contributed by atoms with Crippen LogP contribution in [0.4, 0.5) is 17.6 Å². The summed E-state index contributed by atoms with van der Waals surface area (Å²) in [5.74, 6) is -1.49. The van der Waals surface area contributed by atoms with Crippen molar-refractivity contribution < 1.29 is 36.4 Å². The van der Waals surface area contributed by atoms with Crippen molar-refractivity contribution in [3.8, 4) is 0 Å². The molecule has 0 saturated carbocycles. The number of aromatic nitrogens is 4. The van der Waals surface area contributed by atoms with Gasteiger partial charge in [-0.05, 0) is 129 Å². The van der Waals surface area contributed by atoms with Gasteiger partial charge in [-0.15, -0.1) is 0 Å². The highest BCUT2D eigenvalue weighted by Gasteiger charge is 2.52. The zero-order valence-corrected chi connectivity index (χ0v) is 32.1. The maximum Gasteiger partial charge on any atom is 0.498 e. The molecule has 1 saturated heterocycles. The molecule has 0 amide bonds. The minimum Gasteiger partial charge on any atom is -0.465 e. The van der Waals surface area contributed by atoms with E-state index in [0.717, 1.165) is 32.7 Å². The summed E-state index contributed by atoms with van der Waals surface area (Å²) in [5, 5.41) is 3.21. The Kier molecular flexibility index (Phi) is 11.3. The molecule has 8 nitrogen and oxygen atoms in total. The van der Waals surface area contributed by atoms with Crippen LogP contribution in [0.25, 0.3) is 43.6 Å². The third-order valence-corrected chi connectivity index (χ3v) is 10.5. The summed E-state index contributed by atoms with van der Waals surface area (Å²) in [5.41, 5.74) is 3.43. The van der Waals surface area contributed by atoms with Gasteiger partial charge in [0, 0.05) is 73.9 Å². The number of aromatic amines is 4. The highest BCUT2D eigenvalue weighted by atomic mass is 127.